The van der Waals surface area contributed by atoms with Gasteiger partial charge in [-0.3, -0.25) is 9.59 Å². The first kappa shape index (κ1) is 21.5. The maximum absolute atomic E-state index is 13.0. The van der Waals surface area contributed by atoms with E-state index < -0.39 is 40.4 Å². The fraction of sp³-hybridized carbons (Fsp3) is 0.263. The second kappa shape index (κ2) is 8.94. The molecule has 0 bridgehead atoms. The Morgan fingerprint density at radius 1 is 1.00 bits per heavy atom. The van der Waals surface area contributed by atoms with Crippen LogP contribution in [0.4, 0.5) is 4.39 Å². The Kier molecular flexibility index (Phi) is 6.87. The number of hydrogen-bond acceptors (Lipinski definition) is 5. The first-order valence-electron chi connectivity index (χ1n) is 8.30. The number of hydrogen-bond donors (Lipinski definition) is 0. The van der Waals surface area contributed by atoms with Crippen molar-refractivity contribution in [3.05, 3.63) is 66.0 Å². The van der Waals surface area contributed by atoms with Crippen LogP contribution in [0.5, 0.6) is 0 Å². The molecule has 150 valence electrons. The van der Waals surface area contributed by atoms with Crippen LogP contribution in [0, 0.1) is 5.82 Å². The molecule has 0 saturated carbocycles. The Hall–Kier alpha value is -2.78. The van der Waals surface area contributed by atoms with Gasteiger partial charge in [0.2, 0.25) is 16.1 Å². The number of carbonyl (C=O) groups is 2. The summed E-state index contributed by atoms with van der Waals surface area (Å²) < 4.78 is 44.1. The summed E-state index contributed by atoms with van der Waals surface area (Å²) in [6.45, 7) is -0.607. The van der Waals surface area contributed by atoms with Crippen LogP contribution in [0.15, 0.2) is 59.5 Å². The number of halogens is 1. The molecule has 0 aliphatic heterocycles. The highest BCUT2D eigenvalue weighted by molar-refractivity contribution is 7.89. The number of sulfonamides is 1. The molecule has 0 radical (unpaired) electrons. The van der Waals surface area contributed by atoms with E-state index in [2.05, 4.69) is 0 Å². The molecule has 7 nitrogen and oxygen atoms in total. The van der Waals surface area contributed by atoms with Gasteiger partial charge in [0, 0.05) is 26.7 Å². The van der Waals surface area contributed by atoms with Crippen LogP contribution in [0.25, 0.3) is 0 Å². The molecule has 0 aliphatic rings. The van der Waals surface area contributed by atoms with Crippen LogP contribution in [-0.2, 0) is 24.3 Å². The second-order valence-corrected chi connectivity index (χ2v) is 8.27. The topological polar surface area (TPSA) is 84.0 Å². The van der Waals surface area contributed by atoms with Crippen LogP contribution in [0.3, 0.4) is 0 Å². The van der Waals surface area contributed by atoms with Gasteiger partial charge in [0.1, 0.15) is 12.4 Å². The largest absolute Gasteiger partial charge is 0.446 e. The van der Waals surface area contributed by atoms with E-state index >= 15 is 0 Å². The molecule has 0 heterocycles. The molecule has 2 rings (SSSR count). The third-order valence-corrected chi connectivity index (χ3v) is 5.71. The number of likely N-dealkylation sites (N-methyl/N-ethyl adjacent to an activating group) is 2. The lowest BCUT2D eigenvalue weighted by atomic mass is 10.1. The van der Waals surface area contributed by atoms with Gasteiger partial charge in [0.05, 0.1) is 4.90 Å². The molecule has 0 N–H and O–H groups in total. The Bertz CT molecular complexity index is 931. The molecule has 0 aliphatic carbocycles. The van der Waals surface area contributed by atoms with E-state index in [-0.39, 0.29) is 4.90 Å². The van der Waals surface area contributed by atoms with Crippen LogP contribution >= 0.6 is 0 Å². The maximum Gasteiger partial charge on any atom is 0.322 e. The van der Waals surface area contributed by atoms with Crippen LogP contribution in [0.2, 0.25) is 0 Å². The Morgan fingerprint density at radius 2 is 1.57 bits per heavy atom. The van der Waals surface area contributed by atoms with Crippen LogP contribution < -0.4 is 0 Å². The molecule has 2 aromatic carbocycles. The van der Waals surface area contributed by atoms with Crippen LogP contribution in [0.1, 0.15) is 11.7 Å². The molecule has 1 amide bonds. The molecule has 1 atom stereocenters. The molecule has 2 aromatic rings. The molecule has 1 unspecified atom stereocenters. The zero-order valence-electron chi connectivity index (χ0n) is 15.7. The highest BCUT2D eigenvalue weighted by atomic mass is 32.2. The SMILES string of the molecule is CN(C)C(=O)C(OC(=O)CN(C)S(=O)(=O)c1ccc(F)cc1)c1ccccc1. The van der Waals surface area contributed by atoms with Gasteiger partial charge in [0.25, 0.3) is 5.91 Å². The lowest BCUT2D eigenvalue weighted by molar-refractivity contribution is -0.159. The van der Waals surface area contributed by atoms with Gasteiger partial charge >= 0.3 is 5.97 Å². The fourth-order valence-corrected chi connectivity index (χ4v) is 3.46. The highest BCUT2D eigenvalue weighted by Gasteiger charge is 2.29. The van der Waals surface area contributed by atoms with Crippen molar-refractivity contribution in [1.82, 2.24) is 9.21 Å². The van der Waals surface area contributed by atoms with Gasteiger partial charge in [-0.1, -0.05) is 30.3 Å². The van der Waals surface area contributed by atoms with Crippen molar-refractivity contribution in [2.75, 3.05) is 27.7 Å². The van der Waals surface area contributed by atoms with Crippen molar-refractivity contribution in [2.24, 2.45) is 0 Å². The predicted molar refractivity (Wildman–Crippen MR) is 100 cm³/mol. The summed E-state index contributed by atoms with van der Waals surface area (Å²) in [5, 5.41) is 0. The summed E-state index contributed by atoms with van der Waals surface area (Å²) in [4.78, 5) is 25.9. The van der Waals surface area contributed by atoms with E-state index in [4.69, 9.17) is 4.74 Å². The Morgan fingerprint density at radius 3 is 2.11 bits per heavy atom. The third-order valence-electron chi connectivity index (χ3n) is 3.89. The average Bonchev–Trinajstić information content (AvgIpc) is 2.66. The van der Waals surface area contributed by atoms with Crippen molar-refractivity contribution >= 4 is 21.9 Å². The van der Waals surface area contributed by atoms with E-state index in [1.54, 1.807) is 30.3 Å². The summed E-state index contributed by atoms with van der Waals surface area (Å²) in [6, 6.07) is 12.7. The van der Waals surface area contributed by atoms with E-state index in [0.717, 1.165) is 28.6 Å². The van der Waals surface area contributed by atoms with Crippen molar-refractivity contribution < 1.29 is 27.1 Å². The van der Waals surface area contributed by atoms with Crippen LogP contribution in [-0.4, -0.2) is 57.2 Å². The second-order valence-electron chi connectivity index (χ2n) is 6.23. The molecular weight excluding hydrogens is 387 g/mol. The van der Waals surface area contributed by atoms with Crippen molar-refractivity contribution in [2.45, 2.75) is 11.0 Å². The van der Waals surface area contributed by atoms with Gasteiger partial charge in [-0.2, -0.15) is 4.31 Å². The fourth-order valence-electron chi connectivity index (χ4n) is 2.35. The minimum absolute atomic E-state index is 0.159. The summed E-state index contributed by atoms with van der Waals surface area (Å²) in [5.41, 5.74) is 0.471. The molecular formula is C19H21FN2O5S. The standard InChI is InChI=1S/C19H21FN2O5S/c1-21(2)19(24)18(14-7-5-4-6-8-14)27-17(23)13-22(3)28(25,26)16-11-9-15(20)10-12-16/h4-12,18H,13H2,1-3H3. The zero-order valence-corrected chi connectivity index (χ0v) is 16.5. The lowest BCUT2D eigenvalue weighted by Gasteiger charge is -2.23. The zero-order chi connectivity index (χ0) is 20.9. The van der Waals surface area contributed by atoms with E-state index in [1.165, 1.54) is 26.0 Å². The first-order valence-corrected chi connectivity index (χ1v) is 9.74. The molecule has 0 saturated heterocycles. The van der Waals surface area contributed by atoms with Gasteiger partial charge in [-0.15, -0.1) is 0 Å². The number of nitrogens with zero attached hydrogens (tertiary/aromatic N) is 2. The molecule has 0 spiro atoms. The number of benzene rings is 2. The molecule has 0 fully saturated rings. The Balaban J connectivity index is 2.15. The number of amides is 1. The van der Waals surface area contributed by atoms with Gasteiger partial charge < -0.3 is 9.64 Å². The normalized spacial score (nSPS) is 12.5. The molecule has 0 aromatic heterocycles. The minimum Gasteiger partial charge on any atom is -0.446 e. The van der Waals surface area contributed by atoms with E-state index in [1.807, 2.05) is 0 Å². The summed E-state index contributed by atoms with van der Waals surface area (Å²) >= 11 is 0. The van der Waals surface area contributed by atoms with E-state index in [0.29, 0.717) is 5.56 Å². The quantitative estimate of drug-likeness (QED) is 0.653. The smallest absolute Gasteiger partial charge is 0.322 e. The van der Waals surface area contributed by atoms with Gasteiger partial charge in [-0.25, -0.2) is 12.8 Å². The average molecular weight is 408 g/mol. The summed E-state index contributed by atoms with van der Waals surface area (Å²) in [7, 11) is 0.232. The van der Waals surface area contributed by atoms with Gasteiger partial charge in [-0.05, 0) is 24.3 Å². The summed E-state index contributed by atoms with van der Waals surface area (Å²) in [5.74, 6) is -1.92. The molecule has 28 heavy (non-hydrogen) atoms. The maximum atomic E-state index is 13.0. The highest BCUT2D eigenvalue weighted by Crippen LogP contribution is 2.20. The number of ether oxygens (including phenoxy) is 1. The minimum atomic E-state index is -4.02. The monoisotopic (exact) mass is 408 g/mol. The van der Waals surface area contributed by atoms with Crippen molar-refractivity contribution in [3.8, 4) is 0 Å². The third kappa shape index (κ3) is 5.14. The van der Waals surface area contributed by atoms with Gasteiger partial charge in [0.15, 0.2) is 0 Å². The summed E-state index contributed by atoms with van der Waals surface area (Å²) in [6.07, 6.45) is -1.19. The predicted octanol–water partition coefficient (Wildman–Crippen LogP) is 1.82. The number of esters is 1. The van der Waals surface area contributed by atoms with Crippen molar-refractivity contribution in [3.63, 3.8) is 0 Å². The van der Waals surface area contributed by atoms with E-state index in [9.17, 15) is 22.4 Å². The molecule has 9 heteroatoms. The first-order chi connectivity index (χ1) is 13.1. The number of carbonyl (C=O) groups excluding carboxylic acids is 2. The number of rotatable bonds is 7. The lowest BCUT2D eigenvalue weighted by Crippen LogP contribution is -2.36. The Labute approximate surface area is 163 Å². The van der Waals surface area contributed by atoms with Crippen molar-refractivity contribution in [1.29, 1.82) is 0 Å².